The molecule has 0 saturated heterocycles. The van der Waals surface area contributed by atoms with Crippen LogP contribution in [0.25, 0.3) is 5.57 Å². The van der Waals surface area contributed by atoms with Crippen LogP contribution in [0.3, 0.4) is 0 Å². The van der Waals surface area contributed by atoms with Gasteiger partial charge < -0.3 is 9.47 Å². The van der Waals surface area contributed by atoms with E-state index in [0.717, 1.165) is 22.6 Å². The van der Waals surface area contributed by atoms with Gasteiger partial charge in [0.05, 0.1) is 14.2 Å². The van der Waals surface area contributed by atoms with Gasteiger partial charge in [0.2, 0.25) is 0 Å². The second-order valence-corrected chi connectivity index (χ2v) is 11.2. The number of benzene rings is 2. The Balaban J connectivity index is 2.10. The summed E-state index contributed by atoms with van der Waals surface area (Å²) in [6, 6.07) is 22.6. The average Bonchev–Trinajstić information content (AvgIpc) is 2.73. The minimum atomic E-state index is -1.89. The summed E-state index contributed by atoms with van der Waals surface area (Å²) in [4.78, 5) is 4.62. The molecule has 3 aromatic rings. The van der Waals surface area contributed by atoms with Gasteiger partial charge in [0, 0.05) is 11.5 Å². The number of aromatic nitrogens is 1. The van der Waals surface area contributed by atoms with Gasteiger partial charge in [-0.25, -0.2) is 0 Å². The van der Waals surface area contributed by atoms with E-state index in [9.17, 15) is 0 Å². The van der Waals surface area contributed by atoms with Crippen LogP contribution in [0.5, 0.6) is 11.5 Å². The minimum Gasteiger partial charge on any atom is -0.497 e. The summed E-state index contributed by atoms with van der Waals surface area (Å²) in [6.45, 7) is 4.64. The molecule has 0 spiro atoms. The third kappa shape index (κ3) is 4.47. The van der Waals surface area contributed by atoms with Crippen LogP contribution in [0.15, 0.2) is 78.6 Å². The summed E-state index contributed by atoms with van der Waals surface area (Å²) in [6.07, 6.45) is 1.87. The molecule has 3 nitrogen and oxygen atoms in total. The van der Waals surface area contributed by atoms with E-state index in [-0.39, 0.29) is 0 Å². The van der Waals surface area contributed by atoms with Gasteiger partial charge in [0.25, 0.3) is 0 Å². The van der Waals surface area contributed by atoms with Crippen LogP contribution in [0.2, 0.25) is 13.1 Å². The van der Waals surface area contributed by atoms with Crippen molar-refractivity contribution in [2.24, 2.45) is 0 Å². The molecule has 0 unspecified atom stereocenters. The molecule has 138 valence electrons. The van der Waals surface area contributed by atoms with Crippen LogP contribution in [-0.2, 0) is 0 Å². The second kappa shape index (κ2) is 8.23. The van der Waals surface area contributed by atoms with Gasteiger partial charge in [-0.05, 0) is 53.1 Å². The first kappa shape index (κ1) is 18.9. The van der Waals surface area contributed by atoms with E-state index in [4.69, 9.17) is 9.47 Å². The van der Waals surface area contributed by atoms with Crippen molar-refractivity contribution in [3.8, 4) is 11.5 Å². The zero-order valence-corrected chi connectivity index (χ0v) is 17.3. The highest BCUT2D eigenvalue weighted by molar-refractivity contribution is 6.94. The van der Waals surface area contributed by atoms with Gasteiger partial charge in [-0.2, -0.15) is 0 Å². The highest BCUT2D eigenvalue weighted by Crippen LogP contribution is 2.28. The second-order valence-electron chi connectivity index (χ2n) is 6.95. The van der Waals surface area contributed by atoms with Crippen molar-refractivity contribution in [2.75, 3.05) is 14.2 Å². The molecule has 3 rings (SSSR count). The van der Waals surface area contributed by atoms with E-state index in [1.54, 1.807) is 14.2 Å². The Morgan fingerprint density at radius 1 is 0.778 bits per heavy atom. The first-order valence-corrected chi connectivity index (χ1v) is 12.0. The SMILES string of the molecule is COc1ccc(C(=C[Si](C)(C)c2ccccn2)c2ccc(OC)cc2)cc1. The Hall–Kier alpha value is -2.85. The maximum absolute atomic E-state index is 5.32. The van der Waals surface area contributed by atoms with E-state index in [2.05, 4.69) is 60.2 Å². The lowest BCUT2D eigenvalue weighted by atomic mass is 9.99. The van der Waals surface area contributed by atoms with E-state index < -0.39 is 8.07 Å². The highest BCUT2D eigenvalue weighted by atomic mass is 28.3. The summed E-state index contributed by atoms with van der Waals surface area (Å²) in [5.74, 6) is 1.71. The smallest absolute Gasteiger partial charge is 0.128 e. The standard InChI is InChI=1S/C23H25NO2Si/c1-25-20-12-8-18(9-13-20)22(19-10-14-21(26-2)15-11-19)17-27(3,4)23-7-5-6-16-24-23/h5-17H,1-4H3. The molecule has 0 aliphatic rings. The summed E-state index contributed by atoms with van der Waals surface area (Å²) < 4.78 is 10.6. The third-order valence-electron chi connectivity index (χ3n) is 4.63. The number of hydrogen-bond donors (Lipinski definition) is 0. The van der Waals surface area contributed by atoms with Gasteiger partial charge in [-0.1, -0.05) is 49.1 Å². The summed E-state index contributed by atoms with van der Waals surface area (Å²) in [5, 5.41) is 1.17. The van der Waals surface area contributed by atoms with Crippen LogP contribution >= 0.6 is 0 Å². The van der Waals surface area contributed by atoms with Crippen molar-refractivity contribution in [1.82, 2.24) is 4.98 Å². The van der Waals surface area contributed by atoms with Gasteiger partial charge in [0.1, 0.15) is 19.6 Å². The van der Waals surface area contributed by atoms with E-state index in [0.29, 0.717) is 0 Å². The Morgan fingerprint density at radius 3 is 1.70 bits per heavy atom. The monoisotopic (exact) mass is 375 g/mol. The first-order valence-electron chi connectivity index (χ1n) is 8.97. The Bertz CT molecular complexity index is 852. The number of ether oxygens (including phenoxy) is 2. The zero-order chi connectivity index (χ0) is 19.3. The first-order chi connectivity index (χ1) is 13.0. The van der Waals surface area contributed by atoms with Crippen molar-refractivity contribution < 1.29 is 9.47 Å². The van der Waals surface area contributed by atoms with Gasteiger partial charge in [-0.15, -0.1) is 0 Å². The average molecular weight is 376 g/mol. The van der Waals surface area contributed by atoms with Crippen molar-refractivity contribution in [2.45, 2.75) is 13.1 Å². The van der Waals surface area contributed by atoms with Gasteiger partial charge >= 0.3 is 0 Å². The fraction of sp³-hybridized carbons (Fsp3) is 0.174. The van der Waals surface area contributed by atoms with Crippen LogP contribution in [0.1, 0.15) is 11.1 Å². The lowest BCUT2D eigenvalue weighted by molar-refractivity contribution is 0.414. The number of nitrogens with zero attached hydrogens (tertiary/aromatic N) is 1. The molecule has 4 heteroatoms. The lowest BCUT2D eigenvalue weighted by Crippen LogP contribution is -2.41. The molecule has 0 amide bonds. The Labute approximate surface area is 162 Å². The lowest BCUT2D eigenvalue weighted by Gasteiger charge is -2.20. The fourth-order valence-electron chi connectivity index (χ4n) is 3.05. The number of pyridine rings is 1. The largest absolute Gasteiger partial charge is 0.497 e. The highest BCUT2D eigenvalue weighted by Gasteiger charge is 2.24. The molecule has 0 aliphatic heterocycles. The molecule has 2 aromatic carbocycles. The van der Waals surface area contributed by atoms with Crippen LogP contribution in [0.4, 0.5) is 0 Å². The van der Waals surface area contributed by atoms with Crippen molar-refractivity contribution in [3.05, 3.63) is 89.8 Å². The molecule has 0 saturated carbocycles. The summed E-state index contributed by atoms with van der Waals surface area (Å²) >= 11 is 0. The minimum absolute atomic E-state index is 0.856. The molecule has 0 atom stereocenters. The number of rotatable bonds is 6. The fourth-order valence-corrected chi connectivity index (χ4v) is 5.19. The van der Waals surface area contributed by atoms with Crippen molar-refractivity contribution >= 4 is 19.0 Å². The maximum Gasteiger partial charge on any atom is 0.128 e. The number of methoxy groups -OCH3 is 2. The van der Waals surface area contributed by atoms with E-state index in [1.807, 2.05) is 36.5 Å². The van der Waals surface area contributed by atoms with Crippen LogP contribution < -0.4 is 14.8 Å². The molecule has 1 aromatic heterocycles. The molecule has 0 radical (unpaired) electrons. The molecular formula is C23H25NO2Si. The predicted octanol–water partition coefficient (Wildman–Crippen LogP) is 4.69. The van der Waals surface area contributed by atoms with Gasteiger partial charge in [0.15, 0.2) is 0 Å². The normalized spacial score (nSPS) is 11.0. The summed E-state index contributed by atoms with van der Waals surface area (Å²) in [7, 11) is 1.49. The third-order valence-corrected chi connectivity index (χ3v) is 7.26. The van der Waals surface area contributed by atoms with Crippen molar-refractivity contribution in [3.63, 3.8) is 0 Å². The predicted molar refractivity (Wildman–Crippen MR) is 114 cm³/mol. The van der Waals surface area contributed by atoms with Crippen molar-refractivity contribution in [1.29, 1.82) is 0 Å². The van der Waals surface area contributed by atoms with E-state index >= 15 is 0 Å². The molecule has 27 heavy (non-hydrogen) atoms. The molecule has 0 fully saturated rings. The van der Waals surface area contributed by atoms with Crippen LogP contribution in [0, 0.1) is 0 Å². The summed E-state index contributed by atoms with van der Waals surface area (Å²) in [5.41, 5.74) is 5.96. The van der Waals surface area contributed by atoms with Gasteiger partial charge in [-0.3, -0.25) is 4.98 Å². The number of hydrogen-bond acceptors (Lipinski definition) is 3. The molecule has 0 aliphatic carbocycles. The van der Waals surface area contributed by atoms with E-state index in [1.165, 1.54) is 10.9 Å². The van der Waals surface area contributed by atoms with Crippen LogP contribution in [-0.4, -0.2) is 27.3 Å². The molecule has 0 N–H and O–H groups in total. The molecule has 0 bridgehead atoms. The Kier molecular flexibility index (Phi) is 5.77. The Morgan fingerprint density at radius 2 is 1.30 bits per heavy atom. The molecule has 1 heterocycles. The molecular weight excluding hydrogens is 350 g/mol. The quantitative estimate of drug-likeness (QED) is 0.586. The topological polar surface area (TPSA) is 31.4 Å². The maximum atomic E-state index is 5.32. The zero-order valence-electron chi connectivity index (χ0n) is 16.3.